The SMILES string of the molecule is CC1=C(/C(=N/N=C(/C)C(=O)c2ccccc2C#Cc2ccccc2)c2ccccc2)c2ccccc2C1=O. The summed E-state index contributed by atoms with van der Waals surface area (Å²) in [7, 11) is 0. The Bertz CT molecular complexity index is 1700. The minimum Gasteiger partial charge on any atom is -0.289 e. The van der Waals surface area contributed by atoms with E-state index in [0.717, 1.165) is 22.3 Å². The fourth-order valence-corrected chi connectivity index (χ4v) is 4.39. The maximum atomic E-state index is 13.4. The molecule has 182 valence electrons. The third kappa shape index (κ3) is 4.91. The van der Waals surface area contributed by atoms with Gasteiger partial charge in [0.2, 0.25) is 5.78 Å². The van der Waals surface area contributed by atoms with Gasteiger partial charge in [0, 0.05) is 39.0 Å². The summed E-state index contributed by atoms with van der Waals surface area (Å²) < 4.78 is 0. The molecule has 4 heteroatoms. The third-order valence-corrected chi connectivity index (χ3v) is 6.36. The van der Waals surface area contributed by atoms with E-state index < -0.39 is 0 Å². The minimum absolute atomic E-state index is 0.0260. The van der Waals surface area contributed by atoms with Gasteiger partial charge in [-0.15, -0.1) is 5.10 Å². The lowest BCUT2D eigenvalue weighted by Gasteiger charge is -2.10. The second-order valence-corrected chi connectivity index (χ2v) is 8.87. The summed E-state index contributed by atoms with van der Waals surface area (Å²) in [5, 5.41) is 8.94. The zero-order valence-electron chi connectivity index (χ0n) is 21.1. The highest BCUT2D eigenvalue weighted by Gasteiger charge is 2.30. The molecule has 4 nitrogen and oxygen atoms in total. The average molecular weight is 493 g/mol. The van der Waals surface area contributed by atoms with Gasteiger partial charge >= 0.3 is 0 Å². The van der Waals surface area contributed by atoms with Crippen LogP contribution in [0.25, 0.3) is 5.57 Å². The van der Waals surface area contributed by atoms with Crippen molar-refractivity contribution in [3.05, 3.63) is 148 Å². The quantitative estimate of drug-likeness (QED) is 0.133. The van der Waals surface area contributed by atoms with Gasteiger partial charge in [-0.05, 0) is 43.7 Å². The predicted octanol–water partition coefficient (Wildman–Crippen LogP) is 6.80. The van der Waals surface area contributed by atoms with Crippen LogP contribution in [0.4, 0.5) is 0 Å². The number of rotatable bonds is 5. The standard InChI is InChI=1S/C34H24N2O2/c1-23-31(29-19-11-12-20-30(29)33(23)37)32(27-16-7-4-8-17-27)36-35-24(2)34(38)28-18-10-9-15-26(28)22-21-25-13-5-3-6-14-25/h3-20H,1-2H3/b35-24-,36-32+. The first kappa shape index (κ1) is 24.5. The number of Topliss-reactive ketones (excluding diaryl/α,β-unsaturated/α-hetero) is 2. The van der Waals surface area contributed by atoms with Gasteiger partial charge in [0.1, 0.15) is 11.4 Å². The van der Waals surface area contributed by atoms with E-state index in [-0.39, 0.29) is 17.3 Å². The fourth-order valence-electron chi connectivity index (χ4n) is 4.39. The number of ketones is 2. The molecule has 0 fully saturated rings. The first-order chi connectivity index (χ1) is 18.5. The van der Waals surface area contributed by atoms with Crippen molar-refractivity contribution in [2.24, 2.45) is 10.2 Å². The van der Waals surface area contributed by atoms with Crippen molar-refractivity contribution in [2.45, 2.75) is 13.8 Å². The number of hydrogen-bond acceptors (Lipinski definition) is 4. The highest BCUT2D eigenvalue weighted by atomic mass is 16.1. The van der Waals surface area contributed by atoms with Crippen LogP contribution in [0.5, 0.6) is 0 Å². The number of allylic oxidation sites excluding steroid dienone is 2. The zero-order chi connectivity index (χ0) is 26.5. The fraction of sp³-hybridized carbons (Fsp3) is 0.0588. The van der Waals surface area contributed by atoms with Crippen LogP contribution in [-0.4, -0.2) is 23.0 Å². The molecular weight excluding hydrogens is 468 g/mol. The summed E-state index contributed by atoms with van der Waals surface area (Å²) in [5.41, 5.74) is 6.34. The molecule has 0 saturated carbocycles. The van der Waals surface area contributed by atoms with Crippen LogP contribution < -0.4 is 0 Å². The smallest absolute Gasteiger partial charge is 0.210 e. The largest absolute Gasteiger partial charge is 0.289 e. The van der Waals surface area contributed by atoms with Gasteiger partial charge in [0.25, 0.3) is 0 Å². The summed E-state index contributed by atoms with van der Waals surface area (Å²) in [4.78, 5) is 26.4. The van der Waals surface area contributed by atoms with Crippen molar-refractivity contribution in [2.75, 3.05) is 0 Å². The second kappa shape index (κ2) is 10.9. The van der Waals surface area contributed by atoms with Crippen molar-refractivity contribution >= 4 is 28.6 Å². The molecule has 0 atom stereocenters. The van der Waals surface area contributed by atoms with Crippen molar-refractivity contribution in [1.29, 1.82) is 0 Å². The zero-order valence-corrected chi connectivity index (χ0v) is 21.1. The minimum atomic E-state index is -0.257. The van der Waals surface area contributed by atoms with Gasteiger partial charge in [-0.25, -0.2) is 0 Å². The Balaban J connectivity index is 1.55. The molecule has 0 bridgehead atoms. The van der Waals surface area contributed by atoms with Crippen LogP contribution in [0.15, 0.2) is 125 Å². The lowest BCUT2D eigenvalue weighted by molar-refractivity contribution is 0.103. The molecule has 0 radical (unpaired) electrons. The summed E-state index contributed by atoms with van der Waals surface area (Å²) in [6, 6.07) is 33.9. The number of hydrogen-bond donors (Lipinski definition) is 0. The number of nitrogens with zero attached hydrogens (tertiary/aromatic N) is 2. The van der Waals surface area contributed by atoms with Crippen molar-refractivity contribution in [3.8, 4) is 11.8 Å². The molecule has 4 aromatic carbocycles. The molecule has 1 aliphatic rings. The Morgan fingerprint density at radius 3 is 2.03 bits per heavy atom. The van der Waals surface area contributed by atoms with E-state index in [4.69, 9.17) is 0 Å². The van der Waals surface area contributed by atoms with Gasteiger partial charge in [-0.1, -0.05) is 96.8 Å². The van der Waals surface area contributed by atoms with E-state index in [2.05, 4.69) is 22.0 Å². The van der Waals surface area contributed by atoms with E-state index in [1.54, 1.807) is 19.9 Å². The van der Waals surface area contributed by atoms with E-state index in [9.17, 15) is 9.59 Å². The molecule has 0 amide bonds. The molecule has 0 spiro atoms. The Morgan fingerprint density at radius 1 is 0.684 bits per heavy atom. The van der Waals surface area contributed by atoms with Gasteiger partial charge in [-0.3, -0.25) is 9.59 Å². The second-order valence-electron chi connectivity index (χ2n) is 8.87. The van der Waals surface area contributed by atoms with E-state index in [1.165, 1.54) is 0 Å². The van der Waals surface area contributed by atoms with Gasteiger partial charge < -0.3 is 0 Å². The van der Waals surface area contributed by atoms with Crippen molar-refractivity contribution in [1.82, 2.24) is 0 Å². The number of benzene rings is 4. The molecule has 0 saturated heterocycles. The van der Waals surface area contributed by atoms with Crippen molar-refractivity contribution < 1.29 is 9.59 Å². The van der Waals surface area contributed by atoms with Crippen LogP contribution >= 0.6 is 0 Å². The van der Waals surface area contributed by atoms with E-state index >= 15 is 0 Å². The van der Waals surface area contributed by atoms with Crippen LogP contribution in [0.3, 0.4) is 0 Å². The summed E-state index contributed by atoms with van der Waals surface area (Å²) >= 11 is 0. The van der Waals surface area contributed by atoms with Crippen LogP contribution in [-0.2, 0) is 0 Å². The Hall–Kier alpha value is -5.14. The molecule has 0 heterocycles. The maximum absolute atomic E-state index is 13.4. The predicted molar refractivity (Wildman–Crippen MR) is 153 cm³/mol. The number of carbonyl (C=O) groups excluding carboxylic acids is 2. The van der Waals surface area contributed by atoms with E-state index in [0.29, 0.717) is 28.0 Å². The number of carbonyl (C=O) groups is 2. The Morgan fingerprint density at radius 2 is 1.29 bits per heavy atom. The molecule has 0 aliphatic heterocycles. The number of fused-ring (bicyclic) bond motifs is 1. The Kier molecular flexibility index (Phi) is 7.02. The molecule has 0 aromatic heterocycles. The first-order valence-corrected chi connectivity index (χ1v) is 12.3. The third-order valence-electron chi connectivity index (χ3n) is 6.36. The highest BCUT2D eigenvalue weighted by molar-refractivity contribution is 6.46. The van der Waals surface area contributed by atoms with E-state index in [1.807, 2.05) is 103 Å². The summed E-state index contributed by atoms with van der Waals surface area (Å²) in [6.45, 7) is 3.45. The average Bonchev–Trinajstić information content (AvgIpc) is 3.22. The van der Waals surface area contributed by atoms with Crippen LogP contribution in [0.1, 0.15) is 56.8 Å². The van der Waals surface area contributed by atoms with Gasteiger partial charge in [0.05, 0.1) is 0 Å². The molecule has 1 aliphatic carbocycles. The molecule has 0 N–H and O–H groups in total. The van der Waals surface area contributed by atoms with Crippen LogP contribution in [0.2, 0.25) is 0 Å². The topological polar surface area (TPSA) is 58.9 Å². The molecule has 38 heavy (non-hydrogen) atoms. The maximum Gasteiger partial charge on any atom is 0.210 e. The first-order valence-electron chi connectivity index (χ1n) is 12.3. The summed E-state index contributed by atoms with van der Waals surface area (Å²) in [5.74, 6) is 5.95. The molecule has 5 rings (SSSR count). The monoisotopic (exact) mass is 492 g/mol. The lowest BCUT2D eigenvalue weighted by Crippen LogP contribution is -2.13. The lowest BCUT2D eigenvalue weighted by atomic mass is 9.96. The van der Waals surface area contributed by atoms with Gasteiger partial charge in [-0.2, -0.15) is 5.10 Å². The summed E-state index contributed by atoms with van der Waals surface area (Å²) in [6.07, 6.45) is 0. The Labute approximate surface area is 222 Å². The van der Waals surface area contributed by atoms with Crippen molar-refractivity contribution in [3.63, 3.8) is 0 Å². The normalized spacial score (nSPS) is 13.2. The molecular formula is C34H24N2O2. The highest BCUT2D eigenvalue weighted by Crippen LogP contribution is 2.35. The molecule has 4 aromatic rings. The van der Waals surface area contributed by atoms with Gasteiger partial charge in [0.15, 0.2) is 5.78 Å². The van der Waals surface area contributed by atoms with Crippen LogP contribution in [0, 0.1) is 11.8 Å². The molecule has 0 unspecified atom stereocenters.